The van der Waals surface area contributed by atoms with E-state index in [-0.39, 0.29) is 5.84 Å². The highest BCUT2D eigenvalue weighted by atomic mass is 15.3. The molecule has 3 aromatic rings. The molecule has 0 unspecified atom stereocenters. The van der Waals surface area contributed by atoms with E-state index in [2.05, 4.69) is 51.3 Å². The van der Waals surface area contributed by atoms with Crippen molar-refractivity contribution in [2.75, 3.05) is 0 Å². The van der Waals surface area contributed by atoms with Gasteiger partial charge in [-0.3, -0.25) is 5.41 Å². The van der Waals surface area contributed by atoms with Crippen molar-refractivity contribution in [3.05, 3.63) is 107 Å². The predicted molar refractivity (Wildman–Crippen MR) is 116 cm³/mol. The van der Waals surface area contributed by atoms with Gasteiger partial charge in [0.15, 0.2) is 5.84 Å². The molecule has 3 rings (SSSR count). The summed E-state index contributed by atoms with van der Waals surface area (Å²) >= 11 is 0. The molecule has 0 spiro atoms. The second-order valence-electron chi connectivity index (χ2n) is 6.78. The Kier molecular flexibility index (Phi) is 7.63. The van der Waals surface area contributed by atoms with E-state index >= 15 is 0 Å². The predicted octanol–water partition coefficient (Wildman–Crippen LogP) is 3.92. The van der Waals surface area contributed by atoms with Gasteiger partial charge >= 0.3 is 0 Å². The van der Waals surface area contributed by atoms with Gasteiger partial charge in [-0.1, -0.05) is 72.0 Å². The fourth-order valence-electron chi connectivity index (χ4n) is 3.11. The summed E-state index contributed by atoms with van der Waals surface area (Å²) in [4.78, 5) is 0. The van der Waals surface area contributed by atoms with Gasteiger partial charge in [-0.2, -0.15) is 0 Å². The van der Waals surface area contributed by atoms with E-state index in [4.69, 9.17) is 11.3 Å². The number of rotatable bonds is 9. The molecule has 0 aliphatic rings. The summed E-state index contributed by atoms with van der Waals surface area (Å²) < 4.78 is 0. The van der Waals surface area contributed by atoms with Crippen LogP contribution in [0.3, 0.4) is 0 Å². The third-order valence-corrected chi connectivity index (χ3v) is 4.49. The van der Waals surface area contributed by atoms with Crippen LogP contribution in [0.1, 0.15) is 27.8 Å². The van der Waals surface area contributed by atoms with Gasteiger partial charge in [0, 0.05) is 31.7 Å². The fourth-order valence-corrected chi connectivity index (χ4v) is 3.11. The molecule has 0 heterocycles. The maximum Gasteiger partial charge on any atom is 0.176 e. The van der Waals surface area contributed by atoms with Crippen LogP contribution in [0, 0.1) is 5.41 Å². The lowest BCUT2D eigenvalue weighted by molar-refractivity contribution is 0.681. The van der Waals surface area contributed by atoms with Crippen molar-refractivity contribution >= 4 is 5.84 Å². The van der Waals surface area contributed by atoms with Crippen LogP contribution in [-0.4, -0.2) is 5.84 Å². The zero-order valence-electron chi connectivity index (χ0n) is 16.3. The molecule has 29 heavy (non-hydrogen) atoms. The summed E-state index contributed by atoms with van der Waals surface area (Å²) in [6, 6.07) is 26.6. The van der Waals surface area contributed by atoms with Gasteiger partial charge in [0.2, 0.25) is 0 Å². The second-order valence-corrected chi connectivity index (χ2v) is 6.78. The van der Waals surface area contributed by atoms with E-state index in [1.165, 1.54) is 11.1 Å². The average Bonchev–Trinajstić information content (AvgIpc) is 2.75. The van der Waals surface area contributed by atoms with Crippen LogP contribution in [0.25, 0.3) is 0 Å². The molecule has 148 valence electrons. The lowest BCUT2D eigenvalue weighted by atomic mass is 10.0. The highest BCUT2D eigenvalue weighted by molar-refractivity contribution is 5.97. The lowest BCUT2D eigenvalue weighted by Crippen LogP contribution is -2.16. The molecule has 6 heteroatoms. The Bertz CT molecular complexity index is 874. The highest BCUT2D eigenvalue weighted by Gasteiger charge is 2.06. The summed E-state index contributed by atoms with van der Waals surface area (Å²) in [6.45, 7) is 2.96. The maximum absolute atomic E-state index is 8.06. The SMILES string of the molecule is N=C(N=NN)c1cc(CNCc2ccccc2)cc(CNCc2ccccc2)c1. The van der Waals surface area contributed by atoms with E-state index in [0.717, 1.165) is 24.2 Å². The number of nitrogens with zero attached hydrogens (tertiary/aromatic N) is 2. The van der Waals surface area contributed by atoms with Gasteiger partial charge < -0.3 is 16.5 Å². The van der Waals surface area contributed by atoms with Gasteiger partial charge in [-0.25, -0.2) is 0 Å². The van der Waals surface area contributed by atoms with E-state index in [1.807, 2.05) is 48.5 Å². The van der Waals surface area contributed by atoms with Crippen LogP contribution in [0.4, 0.5) is 0 Å². The van der Waals surface area contributed by atoms with E-state index in [9.17, 15) is 0 Å². The Morgan fingerprint density at radius 3 is 1.59 bits per heavy atom. The minimum absolute atomic E-state index is 0.0571. The second kappa shape index (κ2) is 10.8. The minimum atomic E-state index is 0.0571. The van der Waals surface area contributed by atoms with Crippen molar-refractivity contribution in [1.82, 2.24) is 10.6 Å². The van der Waals surface area contributed by atoms with Crippen molar-refractivity contribution in [2.24, 2.45) is 16.2 Å². The molecule has 0 amide bonds. The highest BCUT2D eigenvalue weighted by Crippen LogP contribution is 2.13. The molecule has 0 bridgehead atoms. The molecule has 3 aromatic carbocycles. The van der Waals surface area contributed by atoms with Crippen LogP contribution in [0.15, 0.2) is 89.2 Å². The number of hydrogen-bond donors (Lipinski definition) is 4. The standard InChI is InChI=1S/C23H26N6/c24-23(28-29-25)22-12-20(16-26-14-18-7-3-1-4-8-18)11-21(13-22)17-27-15-19-9-5-2-6-10-19/h1-13,26-27H,14-17H2,(H3,24,25,28). The molecule has 0 aliphatic heterocycles. The first-order valence-electron chi connectivity index (χ1n) is 9.56. The summed E-state index contributed by atoms with van der Waals surface area (Å²) in [5.41, 5.74) is 5.35. The van der Waals surface area contributed by atoms with E-state index < -0.39 is 0 Å². The van der Waals surface area contributed by atoms with Crippen molar-refractivity contribution < 1.29 is 0 Å². The number of amidine groups is 1. The monoisotopic (exact) mass is 386 g/mol. The normalized spacial score (nSPS) is 11.0. The first kappa shape index (κ1) is 20.4. The lowest BCUT2D eigenvalue weighted by Gasteiger charge is -2.11. The largest absolute Gasteiger partial charge is 0.309 e. The van der Waals surface area contributed by atoms with Crippen molar-refractivity contribution in [3.63, 3.8) is 0 Å². The third kappa shape index (κ3) is 6.64. The average molecular weight is 387 g/mol. The Labute approximate surface area is 171 Å². The Morgan fingerprint density at radius 2 is 1.14 bits per heavy atom. The van der Waals surface area contributed by atoms with Crippen LogP contribution < -0.4 is 16.5 Å². The molecule has 0 fully saturated rings. The van der Waals surface area contributed by atoms with Crippen LogP contribution >= 0.6 is 0 Å². The van der Waals surface area contributed by atoms with Gasteiger partial charge in [0.1, 0.15) is 0 Å². The van der Waals surface area contributed by atoms with Crippen LogP contribution in [0.5, 0.6) is 0 Å². The smallest absolute Gasteiger partial charge is 0.176 e. The Hall–Kier alpha value is -3.35. The molecule has 0 atom stereocenters. The molecular formula is C23H26N6. The number of nitrogens with two attached hydrogens (primary N) is 1. The quantitative estimate of drug-likeness (QED) is 0.147. The molecule has 6 nitrogen and oxygen atoms in total. The van der Waals surface area contributed by atoms with Gasteiger partial charge in [0.25, 0.3) is 0 Å². The third-order valence-electron chi connectivity index (χ3n) is 4.49. The van der Waals surface area contributed by atoms with E-state index in [0.29, 0.717) is 18.7 Å². The van der Waals surface area contributed by atoms with Crippen LogP contribution in [0.2, 0.25) is 0 Å². The minimum Gasteiger partial charge on any atom is -0.309 e. The first-order valence-corrected chi connectivity index (χ1v) is 9.56. The molecule has 0 aliphatic carbocycles. The molecule has 0 aromatic heterocycles. The van der Waals surface area contributed by atoms with Crippen molar-refractivity contribution in [1.29, 1.82) is 5.41 Å². The van der Waals surface area contributed by atoms with Gasteiger partial charge in [-0.05, 0) is 34.4 Å². The van der Waals surface area contributed by atoms with Crippen LogP contribution in [-0.2, 0) is 26.2 Å². The Balaban J connectivity index is 1.66. The molecule has 0 radical (unpaired) electrons. The summed E-state index contributed by atoms with van der Waals surface area (Å²) in [7, 11) is 0. The zero-order chi connectivity index (χ0) is 20.3. The molecule has 5 N–H and O–H groups in total. The van der Waals surface area contributed by atoms with Gasteiger partial charge in [0.05, 0.1) is 0 Å². The topological polar surface area (TPSA) is 98.7 Å². The van der Waals surface area contributed by atoms with Crippen molar-refractivity contribution in [2.45, 2.75) is 26.2 Å². The maximum atomic E-state index is 8.06. The first-order chi connectivity index (χ1) is 14.2. The summed E-state index contributed by atoms with van der Waals surface area (Å²) in [5, 5.41) is 21.9. The number of nitrogens with one attached hydrogen (secondary N) is 3. The summed E-state index contributed by atoms with van der Waals surface area (Å²) in [5.74, 6) is 5.18. The number of hydrogen-bond acceptors (Lipinski definition) is 4. The van der Waals surface area contributed by atoms with Crippen molar-refractivity contribution in [3.8, 4) is 0 Å². The summed E-state index contributed by atoms with van der Waals surface area (Å²) in [6.07, 6.45) is 0. The fraction of sp³-hybridized carbons (Fsp3) is 0.174. The molecular weight excluding hydrogens is 360 g/mol. The molecule has 0 saturated carbocycles. The van der Waals surface area contributed by atoms with E-state index in [1.54, 1.807) is 0 Å². The van der Waals surface area contributed by atoms with Gasteiger partial charge in [-0.15, -0.1) is 5.11 Å². The zero-order valence-corrected chi connectivity index (χ0v) is 16.3. The Morgan fingerprint density at radius 1 is 0.690 bits per heavy atom. The molecule has 0 saturated heterocycles. The number of benzene rings is 3.